The molecule has 1 aromatic carbocycles. The first kappa shape index (κ1) is 16.6. The van der Waals surface area contributed by atoms with E-state index in [1.165, 1.54) is 0 Å². The number of aromatic amines is 1. The van der Waals surface area contributed by atoms with E-state index in [-0.39, 0.29) is 17.9 Å². The number of nitrogens with one attached hydrogen (secondary N) is 2. The monoisotopic (exact) mass is 337 g/mol. The van der Waals surface area contributed by atoms with Gasteiger partial charge in [-0.15, -0.1) is 0 Å². The summed E-state index contributed by atoms with van der Waals surface area (Å²) in [5.41, 5.74) is 1.50. The van der Waals surface area contributed by atoms with E-state index in [0.29, 0.717) is 30.2 Å². The number of carbonyl (C=O) groups excluding carboxylic acids is 1. The molecule has 2 heterocycles. The molecule has 0 bridgehead atoms. The van der Waals surface area contributed by atoms with Crippen molar-refractivity contribution in [3.8, 4) is 11.4 Å². The highest BCUT2D eigenvalue weighted by Gasteiger charge is 2.13. The summed E-state index contributed by atoms with van der Waals surface area (Å²) in [7, 11) is 0. The zero-order valence-corrected chi connectivity index (χ0v) is 13.9. The largest absolute Gasteiger partial charge is 0.354 e. The van der Waals surface area contributed by atoms with Crippen LogP contribution in [0.2, 0.25) is 0 Å². The van der Waals surface area contributed by atoms with Gasteiger partial charge in [-0.25, -0.2) is 9.97 Å². The van der Waals surface area contributed by atoms with Gasteiger partial charge < -0.3 is 14.9 Å². The normalized spacial score (nSPS) is 10.6. The molecule has 7 heteroatoms. The Labute approximate surface area is 144 Å². The Hall–Kier alpha value is -3.22. The average Bonchev–Trinajstić information content (AvgIpc) is 3.12. The number of hydrogen-bond donors (Lipinski definition) is 2. The molecule has 0 atom stereocenters. The third-order valence-electron chi connectivity index (χ3n) is 3.86. The number of nitrogens with zero attached hydrogens (tertiary/aromatic N) is 3. The Morgan fingerprint density at radius 1 is 1.28 bits per heavy atom. The van der Waals surface area contributed by atoms with Gasteiger partial charge in [0.25, 0.3) is 5.56 Å². The number of aryl methyl sites for hydroxylation is 1. The fraction of sp³-hybridized carbons (Fsp3) is 0.222. The average molecular weight is 337 g/mol. The number of aromatic nitrogens is 4. The van der Waals surface area contributed by atoms with Gasteiger partial charge >= 0.3 is 0 Å². The highest BCUT2D eigenvalue weighted by atomic mass is 16.2. The zero-order valence-electron chi connectivity index (χ0n) is 13.9. The van der Waals surface area contributed by atoms with E-state index in [0.717, 1.165) is 5.56 Å². The molecule has 3 aromatic rings. The van der Waals surface area contributed by atoms with Gasteiger partial charge in [-0.2, -0.15) is 0 Å². The second kappa shape index (κ2) is 7.57. The lowest BCUT2D eigenvalue weighted by Gasteiger charge is -2.09. The Morgan fingerprint density at radius 2 is 2.08 bits per heavy atom. The third-order valence-corrected chi connectivity index (χ3v) is 3.86. The molecular formula is C18H19N5O2. The summed E-state index contributed by atoms with van der Waals surface area (Å²) in [4.78, 5) is 35.6. The zero-order chi connectivity index (χ0) is 17.6. The van der Waals surface area contributed by atoms with Crippen LogP contribution in [-0.4, -0.2) is 32.0 Å². The maximum absolute atomic E-state index is 12.3. The van der Waals surface area contributed by atoms with Crippen LogP contribution in [0.1, 0.15) is 11.3 Å². The van der Waals surface area contributed by atoms with Crippen LogP contribution < -0.4 is 10.9 Å². The van der Waals surface area contributed by atoms with E-state index in [4.69, 9.17) is 0 Å². The van der Waals surface area contributed by atoms with E-state index >= 15 is 0 Å². The van der Waals surface area contributed by atoms with E-state index in [1.54, 1.807) is 19.4 Å². The quantitative estimate of drug-likeness (QED) is 0.709. The van der Waals surface area contributed by atoms with Crippen molar-refractivity contribution in [3.05, 3.63) is 70.7 Å². The summed E-state index contributed by atoms with van der Waals surface area (Å²) in [5, 5.41) is 2.80. The Bertz CT molecular complexity index is 901. The Balaban J connectivity index is 1.66. The van der Waals surface area contributed by atoms with Gasteiger partial charge in [0.05, 0.1) is 12.7 Å². The molecule has 0 aliphatic heterocycles. The van der Waals surface area contributed by atoms with Crippen molar-refractivity contribution in [3.63, 3.8) is 0 Å². The second-order valence-electron chi connectivity index (χ2n) is 5.67. The van der Waals surface area contributed by atoms with E-state index in [2.05, 4.69) is 20.3 Å². The molecule has 0 saturated heterocycles. The molecule has 7 nitrogen and oxygen atoms in total. The molecule has 0 saturated carbocycles. The number of amides is 1. The molecular weight excluding hydrogens is 318 g/mol. The van der Waals surface area contributed by atoms with Gasteiger partial charge in [-0.3, -0.25) is 9.59 Å². The number of H-pyrrole nitrogens is 1. The summed E-state index contributed by atoms with van der Waals surface area (Å²) < 4.78 is 1.87. The van der Waals surface area contributed by atoms with Crippen molar-refractivity contribution < 1.29 is 4.79 Å². The molecule has 0 fully saturated rings. The first-order valence-corrected chi connectivity index (χ1v) is 8.01. The summed E-state index contributed by atoms with van der Waals surface area (Å²) in [6.07, 6.45) is 5.21. The molecule has 1 amide bonds. The number of rotatable bonds is 6. The van der Waals surface area contributed by atoms with Crippen LogP contribution in [-0.2, 0) is 17.8 Å². The summed E-state index contributed by atoms with van der Waals surface area (Å²) in [5.74, 6) is 0.301. The van der Waals surface area contributed by atoms with Crippen molar-refractivity contribution >= 4 is 5.91 Å². The van der Waals surface area contributed by atoms with Crippen molar-refractivity contribution in [1.29, 1.82) is 0 Å². The standard InChI is InChI=1S/C18H19N5O2/c1-13-15(11-16(24)20-8-10-23-9-7-19-12-23)18(25)22-17(21-13)14-5-3-2-4-6-14/h2-7,9,12H,8,10-11H2,1H3,(H,20,24)(H,21,22,25). The minimum Gasteiger partial charge on any atom is -0.354 e. The topological polar surface area (TPSA) is 92.7 Å². The van der Waals surface area contributed by atoms with Gasteiger partial charge in [0.1, 0.15) is 5.82 Å². The molecule has 25 heavy (non-hydrogen) atoms. The molecule has 0 radical (unpaired) electrons. The summed E-state index contributed by atoms with van der Waals surface area (Å²) >= 11 is 0. The third kappa shape index (κ3) is 4.20. The van der Waals surface area contributed by atoms with Crippen molar-refractivity contribution in [2.75, 3.05) is 6.54 Å². The predicted octanol–water partition coefficient (Wildman–Crippen LogP) is 1.30. The number of carbonyl (C=O) groups is 1. The lowest BCUT2D eigenvalue weighted by atomic mass is 10.1. The van der Waals surface area contributed by atoms with Crippen LogP contribution in [0.4, 0.5) is 0 Å². The fourth-order valence-corrected chi connectivity index (χ4v) is 2.52. The van der Waals surface area contributed by atoms with Gasteiger partial charge in [0.2, 0.25) is 5.91 Å². The lowest BCUT2D eigenvalue weighted by molar-refractivity contribution is -0.120. The Morgan fingerprint density at radius 3 is 2.76 bits per heavy atom. The lowest BCUT2D eigenvalue weighted by Crippen LogP contribution is -2.31. The molecule has 3 rings (SSSR count). The van der Waals surface area contributed by atoms with Crippen LogP contribution in [0.15, 0.2) is 53.8 Å². The summed E-state index contributed by atoms with van der Waals surface area (Å²) in [6.45, 7) is 2.85. The van der Waals surface area contributed by atoms with E-state index in [9.17, 15) is 9.59 Å². The predicted molar refractivity (Wildman–Crippen MR) is 94.0 cm³/mol. The second-order valence-corrected chi connectivity index (χ2v) is 5.67. The van der Waals surface area contributed by atoms with Gasteiger partial charge in [-0.05, 0) is 6.92 Å². The molecule has 2 aromatic heterocycles. The van der Waals surface area contributed by atoms with Gasteiger partial charge in [0.15, 0.2) is 0 Å². The maximum atomic E-state index is 12.3. The molecule has 0 spiro atoms. The molecule has 128 valence electrons. The maximum Gasteiger partial charge on any atom is 0.255 e. The number of benzene rings is 1. The Kier molecular flexibility index (Phi) is 5.03. The minimum absolute atomic E-state index is 0.00711. The highest BCUT2D eigenvalue weighted by Crippen LogP contribution is 2.13. The molecule has 0 aliphatic rings. The van der Waals surface area contributed by atoms with Crippen LogP contribution in [0, 0.1) is 6.92 Å². The summed E-state index contributed by atoms with van der Waals surface area (Å²) in [6, 6.07) is 9.41. The first-order valence-electron chi connectivity index (χ1n) is 8.01. The van der Waals surface area contributed by atoms with Crippen LogP contribution in [0.5, 0.6) is 0 Å². The van der Waals surface area contributed by atoms with E-state index in [1.807, 2.05) is 41.1 Å². The molecule has 2 N–H and O–H groups in total. The van der Waals surface area contributed by atoms with E-state index < -0.39 is 0 Å². The highest BCUT2D eigenvalue weighted by molar-refractivity contribution is 5.78. The fourth-order valence-electron chi connectivity index (χ4n) is 2.52. The first-order chi connectivity index (χ1) is 12.1. The van der Waals surface area contributed by atoms with Gasteiger partial charge in [-0.1, -0.05) is 30.3 Å². The van der Waals surface area contributed by atoms with Crippen molar-refractivity contribution in [2.45, 2.75) is 19.9 Å². The SMILES string of the molecule is Cc1nc(-c2ccccc2)[nH]c(=O)c1CC(=O)NCCn1ccnc1. The smallest absolute Gasteiger partial charge is 0.255 e. The number of hydrogen-bond acceptors (Lipinski definition) is 4. The van der Waals surface area contributed by atoms with Gasteiger partial charge in [0, 0.05) is 42.3 Å². The minimum atomic E-state index is -0.281. The van der Waals surface area contributed by atoms with Crippen LogP contribution in [0.3, 0.4) is 0 Å². The molecule has 0 aliphatic carbocycles. The van der Waals surface area contributed by atoms with Crippen LogP contribution in [0.25, 0.3) is 11.4 Å². The van der Waals surface area contributed by atoms with Crippen molar-refractivity contribution in [1.82, 2.24) is 24.8 Å². The molecule has 0 unspecified atom stereocenters. The van der Waals surface area contributed by atoms with Crippen LogP contribution >= 0.6 is 0 Å². The van der Waals surface area contributed by atoms with Crippen molar-refractivity contribution in [2.24, 2.45) is 0 Å². The number of imidazole rings is 1.